The molecule has 0 aliphatic rings. The van der Waals surface area contributed by atoms with Gasteiger partial charge in [-0.05, 0) is 6.92 Å². The van der Waals surface area contributed by atoms with Crippen LogP contribution < -0.4 is 0 Å². The lowest BCUT2D eigenvalue weighted by Gasteiger charge is -2.20. The zero-order valence-corrected chi connectivity index (χ0v) is 9.39. The predicted octanol–water partition coefficient (Wildman–Crippen LogP) is 2.76. The molecule has 0 aliphatic carbocycles. The SMILES string of the molecule is CCc1ncc(C(C)(C)C)n1CC. The first-order chi connectivity index (χ1) is 6.00. The maximum atomic E-state index is 4.43. The third-order valence-corrected chi connectivity index (χ3v) is 2.34. The van der Waals surface area contributed by atoms with E-state index in [1.807, 2.05) is 6.20 Å². The van der Waals surface area contributed by atoms with Gasteiger partial charge in [-0.1, -0.05) is 27.7 Å². The molecule has 0 fully saturated rings. The average molecular weight is 180 g/mol. The van der Waals surface area contributed by atoms with Gasteiger partial charge in [-0.15, -0.1) is 0 Å². The van der Waals surface area contributed by atoms with Crippen LogP contribution in [0.1, 0.15) is 46.1 Å². The van der Waals surface area contributed by atoms with Gasteiger partial charge in [0, 0.05) is 30.3 Å². The van der Waals surface area contributed by atoms with Crippen molar-refractivity contribution in [2.24, 2.45) is 0 Å². The number of hydrogen-bond donors (Lipinski definition) is 0. The van der Waals surface area contributed by atoms with Crippen LogP contribution >= 0.6 is 0 Å². The summed E-state index contributed by atoms with van der Waals surface area (Å²) < 4.78 is 2.32. The third-order valence-electron chi connectivity index (χ3n) is 2.34. The first-order valence-corrected chi connectivity index (χ1v) is 5.05. The minimum Gasteiger partial charge on any atom is -0.332 e. The summed E-state index contributed by atoms with van der Waals surface area (Å²) in [7, 11) is 0. The quantitative estimate of drug-likeness (QED) is 0.684. The van der Waals surface area contributed by atoms with Crippen LogP contribution in [0.4, 0.5) is 0 Å². The van der Waals surface area contributed by atoms with E-state index in [1.54, 1.807) is 0 Å². The molecule has 74 valence electrons. The zero-order valence-electron chi connectivity index (χ0n) is 9.39. The molecule has 0 saturated heterocycles. The smallest absolute Gasteiger partial charge is 0.108 e. The molecule has 1 aromatic rings. The molecular formula is C11H20N2. The molecule has 0 radical (unpaired) electrons. The summed E-state index contributed by atoms with van der Waals surface area (Å²) in [5, 5.41) is 0. The van der Waals surface area contributed by atoms with E-state index in [9.17, 15) is 0 Å². The summed E-state index contributed by atoms with van der Waals surface area (Å²) in [5.74, 6) is 1.20. The fraction of sp³-hybridized carbons (Fsp3) is 0.727. The van der Waals surface area contributed by atoms with Gasteiger partial charge in [-0.3, -0.25) is 0 Å². The molecule has 0 aliphatic heterocycles. The Morgan fingerprint density at radius 2 is 1.92 bits per heavy atom. The fourth-order valence-corrected chi connectivity index (χ4v) is 1.65. The summed E-state index contributed by atoms with van der Waals surface area (Å²) in [6, 6.07) is 0. The van der Waals surface area contributed by atoms with Gasteiger partial charge in [0.15, 0.2) is 0 Å². The van der Waals surface area contributed by atoms with Gasteiger partial charge >= 0.3 is 0 Å². The lowest BCUT2D eigenvalue weighted by molar-refractivity contribution is 0.518. The Labute approximate surface area is 81.0 Å². The Kier molecular flexibility index (Phi) is 2.79. The van der Waals surface area contributed by atoms with Crippen LogP contribution in [-0.2, 0) is 18.4 Å². The Morgan fingerprint density at radius 1 is 1.31 bits per heavy atom. The van der Waals surface area contributed by atoms with E-state index in [4.69, 9.17) is 0 Å². The molecular weight excluding hydrogens is 160 g/mol. The van der Waals surface area contributed by atoms with E-state index in [-0.39, 0.29) is 5.41 Å². The van der Waals surface area contributed by atoms with E-state index in [0.717, 1.165) is 13.0 Å². The molecule has 0 spiro atoms. The first-order valence-electron chi connectivity index (χ1n) is 5.05. The van der Waals surface area contributed by atoms with Crippen LogP contribution in [0.15, 0.2) is 6.20 Å². The van der Waals surface area contributed by atoms with Crippen molar-refractivity contribution in [3.05, 3.63) is 17.7 Å². The summed E-state index contributed by atoms with van der Waals surface area (Å²) in [5.41, 5.74) is 1.54. The molecule has 0 N–H and O–H groups in total. The number of aryl methyl sites for hydroxylation is 1. The minimum absolute atomic E-state index is 0.205. The van der Waals surface area contributed by atoms with E-state index >= 15 is 0 Å². The van der Waals surface area contributed by atoms with E-state index in [1.165, 1.54) is 11.5 Å². The summed E-state index contributed by atoms with van der Waals surface area (Å²) in [4.78, 5) is 4.43. The van der Waals surface area contributed by atoms with E-state index in [0.29, 0.717) is 0 Å². The third kappa shape index (κ3) is 1.93. The lowest BCUT2D eigenvalue weighted by Crippen LogP contribution is -2.18. The maximum Gasteiger partial charge on any atom is 0.108 e. The molecule has 0 bridgehead atoms. The average Bonchev–Trinajstić information content (AvgIpc) is 2.45. The Bertz CT molecular complexity index is 279. The van der Waals surface area contributed by atoms with Crippen molar-refractivity contribution in [2.75, 3.05) is 0 Å². The van der Waals surface area contributed by atoms with E-state index < -0.39 is 0 Å². The standard InChI is InChI=1S/C11H20N2/c1-6-10-12-8-9(11(3,4)5)13(10)7-2/h8H,6-7H2,1-5H3. The highest BCUT2D eigenvalue weighted by atomic mass is 15.1. The molecule has 2 nitrogen and oxygen atoms in total. The van der Waals surface area contributed by atoms with Crippen LogP contribution in [0.25, 0.3) is 0 Å². The van der Waals surface area contributed by atoms with E-state index in [2.05, 4.69) is 44.2 Å². The highest BCUT2D eigenvalue weighted by Gasteiger charge is 2.19. The summed E-state index contributed by atoms with van der Waals surface area (Å²) in [6.07, 6.45) is 3.03. The topological polar surface area (TPSA) is 17.8 Å². The number of hydrogen-bond acceptors (Lipinski definition) is 1. The summed E-state index contributed by atoms with van der Waals surface area (Å²) in [6.45, 7) is 12.0. The molecule has 2 heteroatoms. The van der Waals surface area contributed by atoms with Crippen molar-refractivity contribution in [3.8, 4) is 0 Å². The van der Waals surface area contributed by atoms with Crippen molar-refractivity contribution < 1.29 is 0 Å². The fourth-order valence-electron chi connectivity index (χ4n) is 1.65. The zero-order chi connectivity index (χ0) is 10.1. The van der Waals surface area contributed by atoms with Crippen LogP contribution in [0.2, 0.25) is 0 Å². The molecule has 1 aromatic heterocycles. The molecule has 0 amide bonds. The van der Waals surface area contributed by atoms with Crippen molar-refractivity contribution in [3.63, 3.8) is 0 Å². The van der Waals surface area contributed by atoms with Gasteiger partial charge in [-0.25, -0.2) is 4.98 Å². The minimum atomic E-state index is 0.205. The van der Waals surface area contributed by atoms with Crippen LogP contribution in [0, 0.1) is 0 Å². The normalized spacial score (nSPS) is 12.1. The van der Waals surface area contributed by atoms with Crippen LogP contribution in [0.5, 0.6) is 0 Å². The highest BCUT2D eigenvalue weighted by Crippen LogP contribution is 2.23. The summed E-state index contributed by atoms with van der Waals surface area (Å²) >= 11 is 0. The van der Waals surface area contributed by atoms with Crippen molar-refractivity contribution in [1.82, 2.24) is 9.55 Å². The maximum absolute atomic E-state index is 4.43. The monoisotopic (exact) mass is 180 g/mol. The molecule has 0 aromatic carbocycles. The largest absolute Gasteiger partial charge is 0.332 e. The second-order valence-electron chi connectivity index (χ2n) is 4.41. The van der Waals surface area contributed by atoms with Gasteiger partial charge in [0.2, 0.25) is 0 Å². The lowest BCUT2D eigenvalue weighted by atomic mass is 9.92. The second-order valence-corrected chi connectivity index (χ2v) is 4.41. The van der Waals surface area contributed by atoms with Crippen LogP contribution in [-0.4, -0.2) is 9.55 Å². The molecule has 1 heterocycles. The second kappa shape index (κ2) is 3.52. The first kappa shape index (κ1) is 10.3. The van der Waals surface area contributed by atoms with Crippen molar-refractivity contribution in [1.29, 1.82) is 0 Å². The molecule has 0 unspecified atom stereocenters. The number of imidazole rings is 1. The van der Waals surface area contributed by atoms with Gasteiger partial charge in [0.25, 0.3) is 0 Å². The van der Waals surface area contributed by atoms with Crippen LogP contribution in [0.3, 0.4) is 0 Å². The van der Waals surface area contributed by atoms with Gasteiger partial charge in [0.05, 0.1) is 0 Å². The predicted molar refractivity (Wildman–Crippen MR) is 56.0 cm³/mol. The van der Waals surface area contributed by atoms with Gasteiger partial charge in [0.1, 0.15) is 5.82 Å². The Hall–Kier alpha value is -0.790. The molecule has 1 rings (SSSR count). The number of aromatic nitrogens is 2. The molecule has 0 atom stereocenters. The van der Waals surface area contributed by atoms with Gasteiger partial charge < -0.3 is 4.57 Å². The Morgan fingerprint density at radius 3 is 2.31 bits per heavy atom. The van der Waals surface area contributed by atoms with Gasteiger partial charge in [-0.2, -0.15) is 0 Å². The molecule has 13 heavy (non-hydrogen) atoms. The number of rotatable bonds is 2. The Balaban J connectivity index is 3.16. The highest BCUT2D eigenvalue weighted by molar-refractivity contribution is 5.14. The van der Waals surface area contributed by atoms with Crippen molar-refractivity contribution in [2.45, 2.75) is 53.0 Å². The number of nitrogens with zero attached hydrogens (tertiary/aromatic N) is 2. The molecule has 0 saturated carbocycles. The van der Waals surface area contributed by atoms with Crippen molar-refractivity contribution >= 4 is 0 Å².